The van der Waals surface area contributed by atoms with E-state index in [1.807, 2.05) is 26.0 Å². The first kappa shape index (κ1) is 30.0. The molecule has 0 aliphatic carbocycles. The zero-order valence-corrected chi connectivity index (χ0v) is 24.1. The number of likely N-dealkylation sites (N-methyl/N-ethyl adjacent to an activating group) is 1. The van der Waals surface area contributed by atoms with Crippen LogP contribution < -0.4 is 14.4 Å². The summed E-state index contributed by atoms with van der Waals surface area (Å²) in [6.45, 7) is 5.45. The summed E-state index contributed by atoms with van der Waals surface area (Å²) in [7, 11) is -2.61. The maximum atomic E-state index is 14.0. The topological polar surface area (TPSA) is 96.0 Å². The van der Waals surface area contributed by atoms with Crippen LogP contribution in [0, 0.1) is 6.92 Å². The Bertz CT molecular complexity index is 1400. The number of nitrogens with zero attached hydrogens (tertiary/aromatic N) is 2. The van der Waals surface area contributed by atoms with Gasteiger partial charge >= 0.3 is 0 Å². The second-order valence-electron chi connectivity index (χ2n) is 9.00. The van der Waals surface area contributed by atoms with Gasteiger partial charge in [-0.3, -0.25) is 13.9 Å². The molecule has 1 atom stereocenters. The number of aryl methyl sites for hydroxylation is 1. The van der Waals surface area contributed by atoms with Crippen LogP contribution in [0.2, 0.25) is 5.02 Å². The maximum Gasteiger partial charge on any atom is 0.264 e. The Morgan fingerprint density at radius 3 is 2.31 bits per heavy atom. The molecule has 208 valence electrons. The van der Waals surface area contributed by atoms with Crippen LogP contribution in [0.3, 0.4) is 0 Å². The first-order valence-corrected chi connectivity index (χ1v) is 14.5. The number of amides is 2. The van der Waals surface area contributed by atoms with E-state index in [1.165, 1.54) is 29.2 Å². The van der Waals surface area contributed by atoms with Crippen molar-refractivity contribution in [3.8, 4) is 5.75 Å². The van der Waals surface area contributed by atoms with Gasteiger partial charge in [0.1, 0.15) is 18.3 Å². The van der Waals surface area contributed by atoms with Crippen molar-refractivity contribution in [1.29, 1.82) is 0 Å². The predicted octanol–water partition coefficient (Wildman–Crippen LogP) is 4.80. The van der Waals surface area contributed by atoms with Gasteiger partial charge in [0.2, 0.25) is 11.8 Å². The predicted molar refractivity (Wildman–Crippen MR) is 153 cm³/mol. The van der Waals surface area contributed by atoms with Gasteiger partial charge in [0.15, 0.2) is 0 Å². The van der Waals surface area contributed by atoms with Crippen LogP contribution in [0.15, 0.2) is 77.7 Å². The summed E-state index contributed by atoms with van der Waals surface area (Å²) in [5.41, 5.74) is 1.91. The lowest BCUT2D eigenvalue weighted by Gasteiger charge is -2.33. The monoisotopic (exact) mass is 571 g/mol. The van der Waals surface area contributed by atoms with Gasteiger partial charge in [0, 0.05) is 18.1 Å². The number of sulfonamides is 1. The number of halogens is 1. The molecule has 1 N–H and O–H groups in total. The van der Waals surface area contributed by atoms with Crippen LogP contribution in [0.5, 0.6) is 5.75 Å². The standard InChI is InChI=1S/C29H34ClN3O5S/c1-5-27(29(35)31-6-2)32(19-22-10-8-12-25(18-22)38-4)28(34)20-33(24-11-7-9-21(3)17-24)39(36,37)26-15-13-23(30)14-16-26/h7-18,27H,5-6,19-20H2,1-4H3,(H,31,35)/t27-/m1/s1. The molecule has 3 aromatic rings. The quantitative estimate of drug-likeness (QED) is 0.337. The minimum atomic E-state index is -4.16. The van der Waals surface area contributed by atoms with Gasteiger partial charge in [-0.05, 0) is 79.9 Å². The maximum absolute atomic E-state index is 14.0. The van der Waals surface area contributed by atoms with Crippen molar-refractivity contribution in [2.24, 2.45) is 0 Å². The number of carbonyl (C=O) groups is 2. The highest BCUT2D eigenvalue weighted by atomic mass is 35.5. The molecule has 3 rings (SSSR count). The molecule has 0 bridgehead atoms. The molecule has 39 heavy (non-hydrogen) atoms. The average molecular weight is 572 g/mol. The molecule has 0 heterocycles. The van der Waals surface area contributed by atoms with E-state index in [4.69, 9.17) is 16.3 Å². The number of ether oxygens (including phenoxy) is 1. The minimum absolute atomic E-state index is 0.00341. The molecule has 8 nitrogen and oxygen atoms in total. The second-order valence-corrected chi connectivity index (χ2v) is 11.3. The first-order chi connectivity index (χ1) is 18.6. The van der Waals surface area contributed by atoms with Crippen LogP contribution in [0.4, 0.5) is 5.69 Å². The third kappa shape index (κ3) is 7.52. The van der Waals surface area contributed by atoms with E-state index in [0.29, 0.717) is 29.4 Å². The van der Waals surface area contributed by atoms with Crippen molar-refractivity contribution in [3.05, 3.63) is 88.9 Å². The summed E-state index contributed by atoms with van der Waals surface area (Å²) < 4.78 is 34.1. The number of methoxy groups -OCH3 is 1. The van der Waals surface area contributed by atoms with Crippen molar-refractivity contribution in [3.63, 3.8) is 0 Å². The lowest BCUT2D eigenvalue weighted by Crippen LogP contribution is -2.52. The summed E-state index contributed by atoms with van der Waals surface area (Å²) in [6.07, 6.45) is 0.343. The molecule has 0 aromatic heterocycles. The van der Waals surface area contributed by atoms with Gasteiger partial charge in [-0.2, -0.15) is 0 Å². The van der Waals surface area contributed by atoms with Crippen LogP contribution in [-0.2, 0) is 26.2 Å². The Hall–Kier alpha value is -3.56. The highest BCUT2D eigenvalue weighted by Gasteiger charge is 2.33. The number of rotatable bonds is 12. The summed E-state index contributed by atoms with van der Waals surface area (Å²) >= 11 is 5.99. The van der Waals surface area contributed by atoms with E-state index < -0.39 is 28.5 Å². The zero-order chi connectivity index (χ0) is 28.6. The summed E-state index contributed by atoms with van der Waals surface area (Å²) in [5.74, 6) is -0.216. The number of carbonyl (C=O) groups excluding carboxylic acids is 2. The van der Waals surface area contributed by atoms with Gasteiger partial charge in [-0.1, -0.05) is 42.8 Å². The molecule has 0 unspecified atom stereocenters. The van der Waals surface area contributed by atoms with E-state index in [9.17, 15) is 18.0 Å². The Morgan fingerprint density at radius 1 is 1.00 bits per heavy atom. The SMILES string of the molecule is CCNC(=O)[C@@H](CC)N(Cc1cccc(OC)c1)C(=O)CN(c1cccc(C)c1)S(=O)(=O)c1ccc(Cl)cc1. The molecule has 2 amide bonds. The van der Waals surface area contributed by atoms with E-state index in [2.05, 4.69) is 5.32 Å². The normalized spacial score (nSPS) is 11.9. The highest BCUT2D eigenvalue weighted by molar-refractivity contribution is 7.92. The van der Waals surface area contributed by atoms with Gasteiger partial charge in [-0.25, -0.2) is 8.42 Å². The number of benzene rings is 3. The van der Waals surface area contributed by atoms with E-state index >= 15 is 0 Å². The fourth-order valence-electron chi connectivity index (χ4n) is 4.22. The number of hydrogen-bond acceptors (Lipinski definition) is 5. The molecule has 0 aliphatic heterocycles. The molecule has 0 radical (unpaired) electrons. The number of nitrogens with one attached hydrogen (secondary N) is 1. The second kappa shape index (κ2) is 13.5. The van der Waals surface area contributed by atoms with Crippen LogP contribution >= 0.6 is 11.6 Å². The summed E-state index contributed by atoms with van der Waals surface area (Å²) in [4.78, 5) is 28.4. The Morgan fingerprint density at radius 2 is 1.69 bits per heavy atom. The molecule has 0 aliphatic rings. The molecule has 0 saturated heterocycles. The van der Waals surface area contributed by atoms with Crippen molar-refractivity contribution in [2.75, 3.05) is 24.5 Å². The zero-order valence-electron chi connectivity index (χ0n) is 22.6. The smallest absolute Gasteiger partial charge is 0.264 e. The van der Waals surface area contributed by atoms with E-state index in [0.717, 1.165) is 15.4 Å². The van der Waals surface area contributed by atoms with Gasteiger partial charge in [0.05, 0.1) is 17.7 Å². The van der Waals surface area contributed by atoms with Crippen molar-refractivity contribution in [1.82, 2.24) is 10.2 Å². The Labute approximate surface area is 235 Å². The first-order valence-electron chi connectivity index (χ1n) is 12.7. The molecule has 0 saturated carbocycles. The highest BCUT2D eigenvalue weighted by Crippen LogP contribution is 2.26. The fourth-order valence-corrected chi connectivity index (χ4v) is 5.76. The van der Waals surface area contributed by atoms with Crippen molar-refractivity contribution < 1.29 is 22.7 Å². The van der Waals surface area contributed by atoms with Crippen molar-refractivity contribution in [2.45, 2.75) is 44.7 Å². The van der Waals surface area contributed by atoms with Gasteiger partial charge in [0.25, 0.3) is 10.0 Å². The van der Waals surface area contributed by atoms with Crippen LogP contribution in [0.25, 0.3) is 0 Å². The van der Waals surface area contributed by atoms with Crippen LogP contribution in [0.1, 0.15) is 31.4 Å². The van der Waals surface area contributed by atoms with Crippen LogP contribution in [-0.4, -0.2) is 51.4 Å². The van der Waals surface area contributed by atoms with Gasteiger partial charge < -0.3 is 15.0 Å². The molecular weight excluding hydrogens is 538 g/mol. The average Bonchev–Trinajstić information content (AvgIpc) is 2.92. The van der Waals surface area contributed by atoms with Gasteiger partial charge in [-0.15, -0.1) is 0 Å². The third-order valence-electron chi connectivity index (χ3n) is 6.19. The fraction of sp³-hybridized carbons (Fsp3) is 0.310. The Balaban J connectivity index is 2.07. The summed E-state index contributed by atoms with van der Waals surface area (Å²) in [5, 5.41) is 3.19. The molecule has 0 spiro atoms. The third-order valence-corrected chi connectivity index (χ3v) is 8.23. The largest absolute Gasteiger partial charge is 0.497 e. The lowest BCUT2D eigenvalue weighted by atomic mass is 10.1. The Kier molecular flexibility index (Phi) is 10.4. The minimum Gasteiger partial charge on any atom is -0.497 e. The molecule has 3 aromatic carbocycles. The van der Waals surface area contributed by atoms with E-state index in [1.54, 1.807) is 50.4 Å². The molecule has 0 fully saturated rings. The lowest BCUT2D eigenvalue weighted by molar-refractivity contribution is -0.140. The molecule has 10 heteroatoms. The summed E-state index contributed by atoms with van der Waals surface area (Å²) in [6, 6.07) is 19.1. The number of hydrogen-bond donors (Lipinski definition) is 1. The molecular formula is C29H34ClN3O5S. The van der Waals surface area contributed by atoms with E-state index in [-0.39, 0.29) is 17.3 Å². The number of anilines is 1. The van der Waals surface area contributed by atoms with Crippen molar-refractivity contribution >= 4 is 39.1 Å².